The topological polar surface area (TPSA) is 84.4 Å². The van der Waals surface area contributed by atoms with Crippen molar-refractivity contribution in [3.8, 4) is 5.75 Å². The van der Waals surface area contributed by atoms with Gasteiger partial charge < -0.3 is 14.6 Å². The zero-order chi connectivity index (χ0) is 21.4. The largest absolute Gasteiger partial charge is 0.496 e. The van der Waals surface area contributed by atoms with E-state index in [0.29, 0.717) is 47.8 Å². The first-order valence-corrected chi connectivity index (χ1v) is 9.83. The number of nitrogens with one attached hydrogen (secondary N) is 1. The van der Waals surface area contributed by atoms with E-state index in [-0.39, 0.29) is 17.3 Å². The summed E-state index contributed by atoms with van der Waals surface area (Å²) >= 11 is 6.02. The van der Waals surface area contributed by atoms with E-state index in [2.05, 4.69) is 4.98 Å². The number of aromatic amines is 1. The van der Waals surface area contributed by atoms with Crippen LogP contribution in [0.15, 0.2) is 46.0 Å². The summed E-state index contributed by atoms with van der Waals surface area (Å²) in [6, 6.07) is 8.13. The number of methoxy groups -OCH3 is 1. The summed E-state index contributed by atoms with van der Waals surface area (Å²) in [6.45, 7) is 0.707. The van der Waals surface area contributed by atoms with Crippen LogP contribution in [0.1, 0.15) is 29.2 Å². The van der Waals surface area contributed by atoms with E-state index < -0.39 is 17.1 Å². The quantitative estimate of drug-likeness (QED) is 0.691. The van der Waals surface area contributed by atoms with Crippen LogP contribution in [-0.4, -0.2) is 40.6 Å². The molecule has 0 radical (unpaired) electrons. The van der Waals surface area contributed by atoms with E-state index >= 15 is 0 Å². The maximum Gasteiger partial charge on any atom is 0.329 e. The summed E-state index contributed by atoms with van der Waals surface area (Å²) in [5, 5.41) is 0.548. The zero-order valence-corrected chi connectivity index (χ0v) is 16.9. The first kappa shape index (κ1) is 20.2. The Bertz CT molecular complexity index is 1250. The van der Waals surface area contributed by atoms with Gasteiger partial charge in [0, 0.05) is 24.2 Å². The van der Waals surface area contributed by atoms with Crippen LogP contribution < -0.4 is 16.0 Å². The van der Waals surface area contributed by atoms with Crippen molar-refractivity contribution in [3.63, 3.8) is 0 Å². The number of benzene rings is 2. The normalized spacial score (nSPS) is 14.8. The van der Waals surface area contributed by atoms with Gasteiger partial charge in [-0.3, -0.25) is 14.2 Å². The van der Waals surface area contributed by atoms with Gasteiger partial charge in [-0.05, 0) is 49.2 Å². The Morgan fingerprint density at radius 2 is 1.90 bits per heavy atom. The number of ether oxygens (including phenoxy) is 1. The number of rotatable bonds is 3. The fraction of sp³-hybridized carbons (Fsp3) is 0.286. The molecule has 7 nitrogen and oxygen atoms in total. The molecular weight excluding hydrogens is 413 g/mol. The number of carbonyl (C=O) groups is 1. The SMILES string of the molecule is COc1ccc(Cl)cc1C(=O)N1CCC(n2c(=O)[nH]c3ccc(F)cc3c2=O)CC1. The number of piperidine rings is 1. The Morgan fingerprint density at radius 1 is 1.17 bits per heavy atom. The number of H-pyrrole nitrogens is 1. The summed E-state index contributed by atoms with van der Waals surface area (Å²) < 4.78 is 20.0. The Hall–Kier alpha value is -3.13. The van der Waals surface area contributed by atoms with E-state index in [1.807, 2.05) is 0 Å². The van der Waals surface area contributed by atoms with Crippen molar-refractivity contribution in [3.05, 3.63) is 73.6 Å². The van der Waals surface area contributed by atoms with Crippen molar-refractivity contribution in [2.75, 3.05) is 20.2 Å². The average molecular weight is 432 g/mol. The summed E-state index contributed by atoms with van der Waals surface area (Å²) in [4.78, 5) is 42.5. The summed E-state index contributed by atoms with van der Waals surface area (Å²) in [7, 11) is 1.48. The number of amides is 1. The molecule has 0 aliphatic carbocycles. The number of likely N-dealkylation sites (tertiary alicyclic amines) is 1. The van der Waals surface area contributed by atoms with Gasteiger partial charge >= 0.3 is 5.69 Å². The average Bonchev–Trinajstić information content (AvgIpc) is 2.74. The number of hydrogen-bond acceptors (Lipinski definition) is 4. The van der Waals surface area contributed by atoms with Crippen molar-refractivity contribution in [2.24, 2.45) is 0 Å². The minimum atomic E-state index is -0.547. The number of hydrogen-bond donors (Lipinski definition) is 1. The monoisotopic (exact) mass is 431 g/mol. The van der Waals surface area contributed by atoms with Crippen molar-refractivity contribution in [2.45, 2.75) is 18.9 Å². The lowest BCUT2D eigenvalue weighted by atomic mass is 10.0. The molecule has 3 aromatic rings. The maximum absolute atomic E-state index is 13.6. The molecule has 1 saturated heterocycles. The molecule has 4 rings (SSSR count). The number of halogens is 2. The molecule has 1 N–H and O–H groups in total. The fourth-order valence-corrected chi connectivity index (χ4v) is 4.05. The van der Waals surface area contributed by atoms with Gasteiger partial charge in [-0.25, -0.2) is 9.18 Å². The molecule has 2 aromatic carbocycles. The molecule has 0 spiro atoms. The first-order valence-electron chi connectivity index (χ1n) is 9.46. The highest BCUT2D eigenvalue weighted by Crippen LogP contribution is 2.27. The second-order valence-corrected chi connectivity index (χ2v) is 7.60. The van der Waals surface area contributed by atoms with Crippen LogP contribution in [0.2, 0.25) is 5.02 Å². The highest BCUT2D eigenvalue weighted by molar-refractivity contribution is 6.31. The minimum Gasteiger partial charge on any atom is -0.496 e. The molecule has 1 amide bonds. The smallest absolute Gasteiger partial charge is 0.329 e. The number of carbonyl (C=O) groups excluding carboxylic acids is 1. The van der Waals surface area contributed by atoms with Crippen LogP contribution in [0.4, 0.5) is 4.39 Å². The molecule has 0 unspecified atom stereocenters. The molecule has 0 atom stereocenters. The van der Waals surface area contributed by atoms with E-state index in [1.165, 1.54) is 19.2 Å². The predicted molar refractivity (Wildman–Crippen MR) is 111 cm³/mol. The van der Waals surface area contributed by atoms with E-state index in [1.54, 1.807) is 23.1 Å². The van der Waals surface area contributed by atoms with Crippen LogP contribution in [0.5, 0.6) is 5.75 Å². The van der Waals surface area contributed by atoms with E-state index in [4.69, 9.17) is 16.3 Å². The Balaban J connectivity index is 1.58. The lowest BCUT2D eigenvalue weighted by molar-refractivity contribution is 0.0688. The van der Waals surface area contributed by atoms with E-state index in [0.717, 1.165) is 10.6 Å². The Labute approximate surface area is 175 Å². The summed E-state index contributed by atoms with van der Waals surface area (Å²) in [6.07, 6.45) is 0.830. The molecule has 156 valence electrons. The Morgan fingerprint density at radius 3 is 2.60 bits per heavy atom. The third-order valence-corrected chi connectivity index (χ3v) is 5.64. The molecule has 1 aliphatic rings. The Kier molecular flexibility index (Phi) is 5.34. The number of aromatic nitrogens is 2. The second kappa shape index (κ2) is 7.95. The predicted octanol–water partition coefficient (Wildman–Crippen LogP) is 2.97. The maximum atomic E-state index is 13.6. The third kappa shape index (κ3) is 3.59. The summed E-state index contributed by atoms with van der Waals surface area (Å²) in [5.41, 5.74) is -0.419. The van der Waals surface area contributed by atoms with Crippen molar-refractivity contribution in [1.82, 2.24) is 14.5 Å². The van der Waals surface area contributed by atoms with Crippen LogP contribution in [0.3, 0.4) is 0 Å². The molecule has 1 fully saturated rings. The molecule has 9 heteroatoms. The van der Waals surface area contributed by atoms with Gasteiger partial charge in [0.25, 0.3) is 11.5 Å². The van der Waals surface area contributed by atoms with Crippen LogP contribution >= 0.6 is 11.6 Å². The van der Waals surface area contributed by atoms with Gasteiger partial charge in [0.1, 0.15) is 11.6 Å². The van der Waals surface area contributed by atoms with Gasteiger partial charge in [0.2, 0.25) is 0 Å². The molecule has 2 heterocycles. The van der Waals surface area contributed by atoms with Gasteiger partial charge in [-0.1, -0.05) is 11.6 Å². The highest BCUT2D eigenvalue weighted by Gasteiger charge is 2.28. The molecule has 30 heavy (non-hydrogen) atoms. The second-order valence-electron chi connectivity index (χ2n) is 7.16. The zero-order valence-electron chi connectivity index (χ0n) is 16.2. The van der Waals surface area contributed by atoms with Crippen molar-refractivity contribution in [1.29, 1.82) is 0 Å². The van der Waals surface area contributed by atoms with Crippen LogP contribution in [0.25, 0.3) is 10.9 Å². The fourth-order valence-electron chi connectivity index (χ4n) is 3.88. The highest BCUT2D eigenvalue weighted by atomic mass is 35.5. The van der Waals surface area contributed by atoms with Gasteiger partial charge in [0.15, 0.2) is 0 Å². The van der Waals surface area contributed by atoms with Crippen LogP contribution in [0, 0.1) is 5.82 Å². The van der Waals surface area contributed by atoms with Gasteiger partial charge in [-0.2, -0.15) is 0 Å². The van der Waals surface area contributed by atoms with Crippen molar-refractivity contribution >= 4 is 28.4 Å². The molecule has 0 saturated carbocycles. The van der Waals surface area contributed by atoms with Crippen LogP contribution in [-0.2, 0) is 0 Å². The third-order valence-electron chi connectivity index (χ3n) is 5.40. The molecule has 1 aliphatic heterocycles. The minimum absolute atomic E-state index is 0.122. The standard InChI is InChI=1S/C21H19ClFN3O4/c1-30-18-5-2-12(22)10-16(18)19(27)25-8-6-14(7-9-25)26-20(28)15-11-13(23)3-4-17(15)24-21(26)29/h2-5,10-11,14H,6-9H2,1H3,(H,24,29). The molecule has 0 bridgehead atoms. The van der Waals surface area contributed by atoms with Crippen molar-refractivity contribution < 1.29 is 13.9 Å². The lowest BCUT2D eigenvalue weighted by Gasteiger charge is -2.32. The first-order chi connectivity index (χ1) is 14.4. The van der Waals surface area contributed by atoms with Gasteiger partial charge in [0.05, 0.1) is 23.6 Å². The molecule has 1 aromatic heterocycles. The number of nitrogens with zero attached hydrogens (tertiary/aromatic N) is 2. The number of fused-ring (bicyclic) bond motifs is 1. The molecular formula is C21H19ClFN3O4. The summed E-state index contributed by atoms with van der Waals surface area (Å²) in [5.74, 6) is -0.348. The van der Waals surface area contributed by atoms with E-state index in [9.17, 15) is 18.8 Å². The lowest BCUT2D eigenvalue weighted by Crippen LogP contribution is -2.45. The van der Waals surface area contributed by atoms with Gasteiger partial charge in [-0.15, -0.1) is 0 Å².